The lowest BCUT2D eigenvalue weighted by Gasteiger charge is -2.42. The molecule has 2 aliphatic heterocycles. The molecule has 2 fully saturated rings. The first-order valence-corrected chi connectivity index (χ1v) is 8.68. The molecule has 0 amide bonds. The van der Waals surface area contributed by atoms with Gasteiger partial charge in [-0.15, -0.1) is 0 Å². The van der Waals surface area contributed by atoms with Crippen LogP contribution in [0.15, 0.2) is 33.7 Å². The largest absolute Gasteiger partial charge is 0.464 e. The number of nitrogens with zero attached hydrogens (tertiary/aromatic N) is 2. The Morgan fingerprint density at radius 2 is 2.12 bits per heavy atom. The molecular weight excluding hydrogens is 304 g/mol. The number of rotatable bonds is 2. The van der Waals surface area contributed by atoms with E-state index in [0.717, 1.165) is 31.6 Å². The number of aliphatic hydroxyl groups excluding tert-OH is 1. The van der Waals surface area contributed by atoms with Gasteiger partial charge in [-0.3, -0.25) is 14.6 Å². The minimum Gasteiger partial charge on any atom is -0.464 e. The highest BCUT2D eigenvalue weighted by Crippen LogP contribution is 2.26. The van der Waals surface area contributed by atoms with Crippen LogP contribution in [0.1, 0.15) is 24.5 Å². The minimum absolute atomic E-state index is 0.0704. The second-order valence-electron chi connectivity index (χ2n) is 7.37. The summed E-state index contributed by atoms with van der Waals surface area (Å²) >= 11 is 0. The molecule has 0 unspecified atom stereocenters. The molecule has 5 nitrogen and oxygen atoms in total. The molecule has 0 spiro atoms. The topological polar surface area (TPSA) is 56.9 Å². The number of aliphatic hydroxyl groups is 1. The summed E-state index contributed by atoms with van der Waals surface area (Å²) < 4.78 is 5.68. The molecule has 2 aromatic rings. The fraction of sp³-hybridized carbons (Fsp3) is 0.526. The van der Waals surface area contributed by atoms with Gasteiger partial charge in [0.2, 0.25) is 0 Å². The highest BCUT2D eigenvalue weighted by atomic mass is 16.3. The van der Waals surface area contributed by atoms with Crippen LogP contribution in [0.4, 0.5) is 0 Å². The zero-order chi connectivity index (χ0) is 16.8. The Kier molecular flexibility index (Phi) is 3.95. The number of hydrogen-bond donors (Lipinski definition) is 1. The first-order valence-electron chi connectivity index (χ1n) is 8.68. The Balaban J connectivity index is 1.60. The van der Waals surface area contributed by atoms with Crippen LogP contribution < -0.4 is 5.43 Å². The molecule has 3 atom stereocenters. The summed E-state index contributed by atoms with van der Waals surface area (Å²) in [7, 11) is 0. The van der Waals surface area contributed by atoms with Gasteiger partial charge in [0.15, 0.2) is 5.43 Å². The SMILES string of the molecule is Cc1ccc2occ(CN3C[C@@H]4C[C@@H](O)CN4C[C@H]3C)c(=O)c2c1. The van der Waals surface area contributed by atoms with Crippen LogP contribution in [0.3, 0.4) is 0 Å². The fourth-order valence-corrected chi connectivity index (χ4v) is 4.11. The third-order valence-corrected chi connectivity index (χ3v) is 5.45. The first-order chi connectivity index (χ1) is 11.5. The number of fused-ring (bicyclic) bond motifs is 2. The molecule has 1 aromatic carbocycles. The maximum Gasteiger partial charge on any atom is 0.197 e. The quantitative estimate of drug-likeness (QED) is 0.910. The monoisotopic (exact) mass is 328 g/mol. The summed E-state index contributed by atoms with van der Waals surface area (Å²) in [6, 6.07) is 6.47. The van der Waals surface area contributed by atoms with E-state index in [1.54, 1.807) is 6.26 Å². The highest BCUT2D eigenvalue weighted by molar-refractivity contribution is 5.77. The van der Waals surface area contributed by atoms with Crippen LogP contribution >= 0.6 is 0 Å². The normalized spacial score (nSPS) is 28.4. The summed E-state index contributed by atoms with van der Waals surface area (Å²) in [6.45, 7) is 7.39. The van der Waals surface area contributed by atoms with Crippen LogP contribution in [0.5, 0.6) is 0 Å². The summed E-state index contributed by atoms with van der Waals surface area (Å²) in [5.41, 5.74) is 2.49. The lowest BCUT2D eigenvalue weighted by molar-refractivity contribution is 0.0523. The molecule has 0 saturated carbocycles. The van der Waals surface area contributed by atoms with E-state index in [1.165, 1.54) is 0 Å². The van der Waals surface area contributed by atoms with Gasteiger partial charge >= 0.3 is 0 Å². The fourth-order valence-electron chi connectivity index (χ4n) is 4.11. The van der Waals surface area contributed by atoms with E-state index < -0.39 is 0 Å². The van der Waals surface area contributed by atoms with Gasteiger partial charge < -0.3 is 9.52 Å². The van der Waals surface area contributed by atoms with E-state index in [9.17, 15) is 9.90 Å². The molecule has 5 heteroatoms. The predicted octanol–water partition coefficient (Wildman–Crippen LogP) is 1.74. The lowest BCUT2D eigenvalue weighted by atomic mass is 10.1. The van der Waals surface area contributed by atoms with Crippen LogP contribution in [-0.2, 0) is 6.54 Å². The van der Waals surface area contributed by atoms with Gasteiger partial charge in [-0.25, -0.2) is 0 Å². The van der Waals surface area contributed by atoms with Crippen molar-refractivity contribution in [3.8, 4) is 0 Å². The maximum absolute atomic E-state index is 12.8. The molecule has 0 radical (unpaired) electrons. The average molecular weight is 328 g/mol. The maximum atomic E-state index is 12.8. The molecule has 1 N–H and O–H groups in total. The third-order valence-electron chi connectivity index (χ3n) is 5.45. The van der Waals surface area contributed by atoms with Gasteiger partial charge in [0.25, 0.3) is 0 Å². The van der Waals surface area contributed by atoms with Crippen molar-refractivity contribution >= 4 is 11.0 Å². The average Bonchev–Trinajstić information content (AvgIpc) is 2.89. The summed E-state index contributed by atoms with van der Waals surface area (Å²) in [4.78, 5) is 17.5. The second-order valence-corrected chi connectivity index (χ2v) is 7.37. The molecule has 1 aromatic heterocycles. The van der Waals surface area contributed by atoms with Gasteiger partial charge in [-0.05, 0) is 32.4 Å². The van der Waals surface area contributed by atoms with E-state index in [1.807, 2.05) is 25.1 Å². The summed E-state index contributed by atoms with van der Waals surface area (Å²) in [5.74, 6) is 0. The van der Waals surface area contributed by atoms with E-state index >= 15 is 0 Å². The Morgan fingerprint density at radius 1 is 1.29 bits per heavy atom. The second kappa shape index (κ2) is 5.99. The van der Waals surface area contributed by atoms with Crippen molar-refractivity contribution in [2.45, 2.75) is 45.0 Å². The molecule has 4 rings (SSSR count). The van der Waals surface area contributed by atoms with Crippen molar-refractivity contribution in [3.05, 3.63) is 45.8 Å². The van der Waals surface area contributed by atoms with Crippen LogP contribution in [0, 0.1) is 6.92 Å². The summed E-state index contributed by atoms with van der Waals surface area (Å²) in [5, 5.41) is 10.5. The molecule has 2 saturated heterocycles. The van der Waals surface area contributed by atoms with Gasteiger partial charge in [0, 0.05) is 43.8 Å². The van der Waals surface area contributed by atoms with Gasteiger partial charge in [0.1, 0.15) is 5.58 Å². The molecule has 0 aliphatic carbocycles. The zero-order valence-corrected chi connectivity index (χ0v) is 14.2. The number of hydrogen-bond acceptors (Lipinski definition) is 5. The molecular formula is C19H24N2O3. The third kappa shape index (κ3) is 2.77. The van der Waals surface area contributed by atoms with Gasteiger partial charge in [0.05, 0.1) is 17.8 Å². The molecule has 2 aliphatic rings. The Morgan fingerprint density at radius 3 is 2.96 bits per heavy atom. The van der Waals surface area contributed by atoms with E-state index in [4.69, 9.17) is 4.42 Å². The first kappa shape index (κ1) is 15.8. The number of piperazine rings is 1. The number of aryl methyl sites for hydroxylation is 1. The van der Waals surface area contributed by atoms with Crippen molar-refractivity contribution < 1.29 is 9.52 Å². The molecule has 24 heavy (non-hydrogen) atoms. The Labute approximate surface area is 141 Å². The molecule has 3 heterocycles. The smallest absolute Gasteiger partial charge is 0.197 e. The van der Waals surface area contributed by atoms with Crippen molar-refractivity contribution in [2.75, 3.05) is 19.6 Å². The molecule has 128 valence electrons. The van der Waals surface area contributed by atoms with Crippen molar-refractivity contribution in [1.29, 1.82) is 0 Å². The minimum atomic E-state index is -0.212. The highest BCUT2D eigenvalue weighted by Gasteiger charge is 2.38. The Hall–Kier alpha value is -1.69. The van der Waals surface area contributed by atoms with E-state index in [2.05, 4.69) is 16.7 Å². The van der Waals surface area contributed by atoms with Crippen molar-refractivity contribution in [3.63, 3.8) is 0 Å². The van der Waals surface area contributed by atoms with Crippen LogP contribution in [0.25, 0.3) is 11.0 Å². The zero-order valence-electron chi connectivity index (χ0n) is 14.2. The standard InChI is InChI=1S/C19H24N2O3/c1-12-3-4-18-17(5-12)19(23)14(11-24-18)8-20-9-15-6-16(22)10-21(15)7-13(20)2/h3-5,11,13,15-16,22H,6-10H2,1-2H3/t13-,15+,16-/m1/s1. The summed E-state index contributed by atoms with van der Waals surface area (Å²) in [6.07, 6.45) is 2.23. The van der Waals surface area contributed by atoms with E-state index in [0.29, 0.717) is 35.2 Å². The van der Waals surface area contributed by atoms with Crippen LogP contribution in [-0.4, -0.2) is 52.7 Å². The van der Waals surface area contributed by atoms with Crippen molar-refractivity contribution in [2.24, 2.45) is 0 Å². The lowest BCUT2D eigenvalue weighted by Crippen LogP contribution is -2.54. The van der Waals surface area contributed by atoms with Crippen molar-refractivity contribution in [1.82, 2.24) is 9.80 Å². The Bertz CT molecular complexity index is 816. The van der Waals surface area contributed by atoms with Crippen LogP contribution in [0.2, 0.25) is 0 Å². The number of benzene rings is 1. The molecule has 0 bridgehead atoms. The van der Waals surface area contributed by atoms with Gasteiger partial charge in [-0.2, -0.15) is 0 Å². The van der Waals surface area contributed by atoms with Gasteiger partial charge in [-0.1, -0.05) is 11.6 Å². The van der Waals surface area contributed by atoms with E-state index in [-0.39, 0.29) is 11.5 Å². The predicted molar refractivity (Wildman–Crippen MR) is 93.1 cm³/mol.